The van der Waals surface area contributed by atoms with Gasteiger partial charge < -0.3 is 9.80 Å². The van der Waals surface area contributed by atoms with Crippen molar-refractivity contribution in [2.45, 2.75) is 33.2 Å². The summed E-state index contributed by atoms with van der Waals surface area (Å²) in [6.07, 6.45) is 3.34. The van der Waals surface area contributed by atoms with Crippen LogP contribution in [0, 0.1) is 0 Å². The van der Waals surface area contributed by atoms with E-state index in [1.165, 1.54) is 6.20 Å². The molecule has 2 aromatic rings. The number of carbonyl (C=O) groups excluding carboxylic acids is 2. The van der Waals surface area contributed by atoms with Crippen LogP contribution >= 0.6 is 0 Å². The Morgan fingerprint density at radius 3 is 2.23 bits per heavy atom. The summed E-state index contributed by atoms with van der Waals surface area (Å²) in [7, 11) is 1.74. The fraction of sp³-hybridized carbons (Fsp3) is 0.381. The molecular formula is C21H27N3O2. The highest BCUT2D eigenvalue weighted by atomic mass is 16.2. The van der Waals surface area contributed by atoms with Crippen LogP contribution in [0.25, 0.3) is 0 Å². The van der Waals surface area contributed by atoms with Crippen molar-refractivity contribution in [1.29, 1.82) is 0 Å². The number of pyridine rings is 1. The van der Waals surface area contributed by atoms with Crippen molar-refractivity contribution in [2.75, 3.05) is 20.1 Å². The van der Waals surface area contributed by atoms with Gasteiger partial charge in [-0.1, -0.05) is 44.2 Å². The molecule has 0 aliphatic carbocycles. The van der Waals surface area contributed by atoms with E-state index in [1.807, 2.05) is 35.2 Å². The highest BCUT2D eigenvalue weighted by Gasteiger charge is 2.18. The molecule has 5 heteroatoms. The first-order valence-electron chi connectivity index (χ1n) is 9.11. The molecule has 1 aromatic heterocycles. The lowest BCUT2D eigenvalue weighted by atomic mass is 10.1. The number of hydrogen-bond donors (Lipinski definition) is 0. The maximum Gasteiger partial charge on any atom is 0.272 e. The Balaban J connectivity index is 2.14. The summed E-state index contributed by atoms with van der Waals surface area (Å²) in [4.78, 5) is 33.0. The number of rotatable bonds is 8. The maximum atomic E-state index is 12.7. The fourth-order valence-electron chi connectivity index (χ4n) is 2.84. The van der Waals surface area contributed by atoms with Crippen LogP contribution in [0.2, 0.25) is 0 Å². The zero-order valence-electron chi connectivity index (χ0n) is 15.8. The number of carbonyl (C=O) groups is 2. The number of amides is 2. The second-order valence-electron chi connectivity index (χ2n) is 6.37. The molecule has 138 valence electrons. The molecule has 2 amide bonds. The van der Waals surface area contributed by atoms with Crippen LogP contribution in [0.5, 0.6) is 0 Å². The van der Waals surface area contributed by atoms with Gasteiger partial charge in [-0.25, -0.2) is 0 Å². The lowest BCUT2D eigenvalue weighted by molar-refractivity contribution is 0.0755. The lowest BCUT2D eigenvalue weighted by Crippen LogP contribution is -2.33. The Morgan fingerprint density at radius 2 is 1.62 bits per heavy atom. The highest BCUT2D eigenvalue weighted by Crippen LogP contribution is 2.11. The van der Waals surface area contributed by atoms with E-state index in [0.717, 1.165) is 18.4 Å². The van der Waals surface area contributed by atoms with Crippen molar-refractivity contribution >= 4 is 11.8 Å². The van der Waals surface area contributed by atoms with E-state index in [-0.39, 0.29) is 11.8 Å². The second kappa shape index (κ2) is 9.70. The van der Waals surface area contributed by atoms with Crippen molar-refractivity contribution in [3.63, 3.8) is 0 Å². The van der Waals surface area contributed by atoms with Crippen LogP contribution in [0.4, 0.5) is 0 Å². The molecule has 0 saturated carbocycles. The Morgan fingerprint density at radius 1 is 0.962 bits per heavy atom. The SMILES string of the molecule is CCCN(CCC)C(=O)c1ccnc(C(=O)N(C)Cc2ccccc2)c1. The van der Waals surface area contributed by atoms with E-state index in [9.17, 15) is 9.59 Å². The predicted octanol–water partition coefficient (Wildman–Crippen LogP) is 3.62. The lowest BCUT2D eigenvalue weighted by Gasteiger charge is -2.22. The van der Waals surface area contributed by atoms with Crippen LogP contribution in [0.15, 0.2) is 48.7 Å². The van der Waals surface area contributed by atoms with Crippen molar-refractivity contribution in [3.05, 3.63) is 65.5 Å². The van der Waals surface area contributed by atoms with E-state index < -0.39 is 0 Å². The topological polar surface area (TPSA) is 53.5 Å². The van der Waals surface area contributed by atoms with Gasteiger partial charge in [0.05, 0.1) is 0 Å². The summed E-state index contributed by atoms with van der Waals surface area (Å²) in [5.41, 5.74) is 1.85. The number of hydrogen-bond acceptors (Lipinski definition) is 3. The summed E-state index contributed by atoms with van der Waals surface area (Å²) >= 11 is 0. The van der Waals surface area contributed by atoms with Gasteiger partial charge in [0, 0.05) is 38.4 Å². The molecule has 1 aromatic carbocycles. The maximum absolute atomic E-state index is 12.7. The minimum atomic E-state index is -0.193. The van der Waals surface area contributed by atoms with Gasteiger partial charge in [-0.3, -0.25) is 14.6 Å². The van der Waals surface area contributed by atoms with E-state index in [0.29, 0.717) is 30.9 Å². The van der Waals surface area contributed by atoms with Crippen molar-refractivity contribution < 1.29 is 9.59 Å². The number of nitrogens with zero attached hydrogens (tertiary/aromatic N) is 3. The van der Waals surface area contributed by atoms with Gasteiger partial charge in [-0.15, -0.1) is 0 Å². The van der Waals surface area contributed by atoms with Crippen LogP contribution in [-0.2, 0) is 6.54 Å². The second-order valence-corrected chi connectivity index (χ2v) is 6.37. The van der Waals surface area contributed by atoms with E-state index in [4.69, 9.17) is 0 Å². The quantitative estimate of drug-likeness (QED) is 0.728. The molecule has 0 fully saturated rings. The molecule has 0 spiro atoms. The monoisotopic (exact) mass is 353 g/mol. The highest BCUT2D eigenvalue weighted by molar-refractivity contribution is 5.98. The predicted molar refractivity (Wildman–Crippen MR) is 103 cm³/mol. The molecular weight excluding hydrogens is 326 g/mol. The van der Waals surface area contributed by atoms with Crippen LogP contribution < -0.4 is 0 Å². The van der Waals surface area contributed by atoms with Crippen LogP contribution in [0.1, 0.15) is 53.1 Å². The summed E-state index contributed by atoms with van der Waals surface area (Å²) in [5.74, 6) is -0.239. The normalized spacial score (nSPS) is 10.4. The van der Waals surface area contributed by atoms with Crippen molar-refractivity contribution in [1.82, 2.24) is 14.8 Å². The number of benzene rings is 1. The first-order valence-corrected chi connectivity index (χ1v) is 9.11. The minimum absolute atomic E-state index is 0.0455. The molecule has 0 saturated heterocycles. The first-order chi connectivity index (χ1) is 12.6. The van der Waals surface area contributed by atoms with E-state index >= 15 is 0 Å². The Labute approximate surface area is 155 Å². The van der Waals surface area contributed by atoms with Gasteiger partial charge in [0.25, 0.3) is 11.8 Å². The molecule has 5 nitrogen and oxygen atoms in total. The van der Waals surface area contributed by atoms with Crippen molar-refractivity contribution in [2.24, 2.45) is 0 Å². The molecule has 0 unspecified atom stereocenters. The van der Waals surface area contributed by atoms with E-state index in [1.54, 1.807) is 24.1 Å². The largest absolute Gasteiger partial charge is 0.339 e. The molecule has 0 N–H and O–H groups in total. The first kappa shape index (κ1) is 19.6. The van der Waals surface area contributed by atoms with Gasteiger partial charge in [-0.05, 0) is 30.5 Å². The molecule has 26 heavy (non-hydrogen) atoms. The Hall–Kier alpha value is -2.69. The average molecular weight is 353 g/mol. The van der Waals surface area contributed by atoms with Crippen LogP contribution in [-0.4, -0.2) is 46.7 Å². The summed E-state index contributed by atoms with van der Waals surface area (Å²) in [6, 6.07) is 13.1. The molecule has 1 heterocycles. The van der Waals surface area contributed by atoms with Crippen molar-refractivity contribution in [3.8, 4) is 0 Å². The van der Waals surface area contributed by atoms with Gasteiger partial charge in [0.2, 0.25) is 0 Å². The molecule has 0 aliphatic rings. The van der Waals surface area contributed by atoms with E-state index in [2.05, 4.69) is 18.8 Å². The Bertz CT molecular complexity index is 725. The molecule has 0 radical (unpaired) electrons. The third-order valence-corrected chi connectivity index (χ3v) is 4.11. The third kappa shape index (κ3) is 5.15. The van der Waals surface area contributed by atoms with Gasteiger partial charge in [0.15, 0.2) is 0 Å². The average Bonchev–Trinajstić information content (AvgIpc) is 2.67. The fourth-order valence-corrected chi connectivity index (χ4v) is 2.84. The molecule has 0 aliphatic heterocycles. The number of aromatic nitrogens is 1. The third-order valence-electron chi connectivity index (χ3n) is 4.11. The smallest absolute Gasteiger partial charge is 0.272 e. The Kier molecular flexibility index (Phi) is 7.33. The van der Waals surface area contributed by atoms with Gasteiger partial charge in [-0.2, -0.15) is 0 Å². The standard InChI is InChI=1S/C21H27N3O2/c1-4-13-24(14-5-2)20(25)18-11-12-22-19(15-18)21(26)23(3)16-17-9-7-6-8-10-17/h6-12,15H,4-5,13-14,16H2,1-3H3. The zero-order chi connectivity index (χ0) is 18.9. The molecule has 0 atom stereocenters. The van der Waals surface area contributed by atoms with Gasteiger partial charge in [0.1, 0.15) is 5.69 Å². The zero-order valence-corrected chi connectivity index (χ0v) is 15.8. The van der Waals surface area contributed by atoms with Gasteiger partial charge >= 0.3 is 0 Å². The van der Waals surface area contributed by atoms with Crippen LogP contribution in [0.3, 0.4) is 0 Å². The minimum Gasteiger partial charge on any atom is -0.339 e. The molecule has 2 rings (SSSR count). The summed E-state index contributed by atoms with van der Waals surface area (Å²) in [5, 5.41) is 0. The summed E-state index contributed by atoms with van der Waals surface area (Å²) < 4.78 is 0. The summed E-state index contributed by atoms with van der Waals surface area (Å²) in [6.45, 7) is 6.03. The molecule has 0 bridgehead atoms.